The summed E-state index contributed by atoms with van der Waals surface area (Å²) in [4.78, 5) is 18.3. The van der Waals surface area contributed by atoms with E-state index in [1.807, 2.05) is 0 Å². The molecule has 124 valence electrons. The second kappa shape index (κ2) is 6.22. The first kappa shape index (κ1) is 15.8. The predicted octanol–water partition coefficient (Wildman–Crippen LogP) is -1.87. The van der Waals surface area contributed by atoms with Crippen molar-refractivity contribution in [2.24, 2.45) is 0 Å². The number of H-pyrrole nitrogens is 1. The molecular formula is C14H17N3O6. The molecule has 1 aliphatic rings. The molecule has 9 nitrogen and oxygen atoms in total. The Morgan fingerprint density at radius 1 is 1.22 bits per heavy atom. The van der Waals surface area contributed by atoms with Gasteiger partial charge in [0.15, 0.2) is 6.23 Å². The molecule has 0 saturated carbocycles. The molecule has 1 aromatic heterocycles. The van der Waals surface area contributed by atoms with Gasteiger partial charge in [0.05, 0.1) is 23.8 Å². The summed E-state index contributed by atoms with van der Waals surface area (Å²) in [5.41, 5.74) is 0.654. The summed E-state index contributed by atoms with van der Waals surface area (Å²) in [5.74, 6) is 0. The summed E-state index contributed by atoms with van der Waals surface area (Å²) in [6.45, 7) is -0.509. The molecule has 1 aromatic carbocycles. The summed E-state index contributed by atoms with van der Waals surface area (Å²) in [7, 11) is 0. The van der Waals surface area contributed by atoms with Gasteiger partial charge in [-0.2, -0.15) is 0 Å². The van der Waals surface area contributed by atoms with Gasteiger partial charge < -0.3 is 35.5 Å². The van der Waals surface area contributed by atoms with E-state index < -0.39 is 37.3 Å². The molecule has 3 rings (SSSR count). The number of aromatic nitrogens is 2. The summed E-state index contributed by atoms with van der Waals surface area (Å²) in [6.07, 6.45) is -5.05. The van der Waals surface area contributed by atoms with Crippen LogP contribution in [0, 0.1) is 0 Å². The van der Waals surface area contributed by atoms with Gasteiger partial charge in [0.1, 0.15) is 24.4 Å². The molecule has 0 aliphatic carbocycles. The van der Waals surface area contributed by atoms with E-state index in [0.29, 0.717) is 16.6 Å². The number of aromatic amines is 1. The van der Waals surface area contributed by atoms with Crippen LogP contribution in [-0.2, 0) is 4.74 Å². The summed E-state index contributed by atoms with van der Waals surface area (Å²) < 4.78 is 5.35. The highest BCUT2D eigenvalue weighted by Crippen LogP contribution is 2.23. The van der Waals surface area contributed by atoms with Crippen LogP contribution in [-0.4, -0.2) is 67.6 Å². The highest BCUT2D eigenvalue weighted by Gasteiger charge is 2.43. The number of ether oxygens (including phenoxy) is 1. The van der Waals surface area contributed by atoms with E-state index in [9.17, 15) is 20.1 Å². The molecule has 1 saturated heterocycles. The van der Waals surface area contributed by atoms with Crippen LogP contribution in [0.25, 0.3) is 10.9 Å². The lowest BCUT2D eigenvalue weighted by Crippen LogP contribution is -2.60. The number of anilines is 1. The van der Waals surface area contributed by atoms with E-state index in [0.717, 1.165) is 0 Å². The van der Waals surface area contributed by atoms with Crippen molar-refractivity contribution in [3.05, 3.63) is 34.9 Å². The van der Waals surface area contributed by atoms with Crippen molar-refractivity contribution < 1.29 is 25.2 Å². The Hall–Kier alpha value is -2.04. The van der Waals surface area contributed by atoms with Crippen LogP contribution in [0.1, 0.15) is 0 Å². The lowest BCUT2D eigenvalue weighted by atomic mass is 9.98. The predicted molar refractivity (Wildman–Crippen MR) is 79.8 cm³/mol. The van der Waals surface area contributed by atoms with Gasteiger partial charge in [0.25, 0.3) is 5.56 Å². The Kier molecular flexibility index (Phi) is 4.28. The fourth-order valence-corrected chi connectivity index (χ4v) is 2.54. The van der Waals surface area contributed by atoms with Crippen molar-refractivity contribution >= 4 is 16.6 Å². The maximum absolute atomic E-state index is 11.8. The van der Waals surface area contributed by atoms with E-state index in [4.69, 9.17) is 9.84 Å². The van der Waals surface area contributed by atoms with Gasteiger partial charge >= 0.3 is 0 Å². The Labute approximate surface area is 130 Å². The summed E-state index contributed by atoms with van der Waals surface area (Å²) >= 11 is 0. The number of nitrogens with zero attached hydrogens (tertiary/aromatic N) is 1. The fourth-order valence-electron chi connectivity index (χ4n) is 2.54. The van der Waals surface area contributed by atoms with E-state index in [1.54, 1.807) is 12.1 Å². The topological polar surface area (TPSA) is 148 Å². The maximum Gasteiger partial charge on any atom is 0.258 e. The first-order valence-electron chi connectivity index (χ1n) is 7.06. The molecule has 0 amide bonds. The Balaban J connectivity index is 1.86. The zero-order chi connectivity index (χ0) is 16.6. The van der Waals surface area contributed by atoms with Gasteiger partial charge in [-0.05, 0) is 18.2 Å². The van der Waals surface area contributed by atoms with Crippen molar-refractivity contribution in [1.29, 1.82) is 0 Å². The van der Waals surface area contributed by atoms with Crippen LogP contribution in [0.3, 0.4) is 0 Å². The molecule has 0 radical (unpaired) electrons. The Morgan fingerprint density at radius 2 is 2.00 bits per heavy atom. The molecule has 5 unspecified atom stereocenters. The molecule has 5 atom stereocenters. The third kappa shape index (κ3) is 2.92. The molecular weight excluding hydrogens is 306 g/mol. The van der Waals surface area contributed by atoms with Crippen molar-refractivity contribution in [3.8, 4) is 0 Å². The molecule has 0 spiro atoms. The first-order chi connectivity index (χ1) is 11.0. The largest absolute Gasteiger partial charge is 0.394 e. The number of benzene rings is 1. The van der Waals surface area contributed by atoms with Crippen LogP contribution in [0.4, 0.5) is 5.69 Å². The van der Waals surface area contributed by atoms with E-state index >= 15 is 0 Å². The number of hydrogen-bond acceptors (Lipinski definition) is 8. The van der Waals surface area contributed by atoms with Gasteiger partial charge in [-0.25, -0.2) is 4.98 Å². The SMILES string of the molecule is O=c1[nH]cnc2ccc(NC3OC(CO)C(O)C(O)C3O)cc12. The maximum atomic E-state index is 11.8. The molecule has 9 heteroatoms. The minimum absolute atomic E-state index is 0.313. The summed E-state index contributed by atoms with van der Waals surface area (Å²) in [5, 5.41) is 41.8. The lowest BCUT2D eigenvalue weighted by Gasteiger charge is -2.40. The minimum atomic E-state index is -1.47. The van der Waals surface area contributed by atoms with Gasteiger partial charge in [0, 0.05) is 5.69 Å². The van der Waals surface area contributed by atoms with Crippen molar-refractivity contribution in [1.82, 2.24) is 9.97 Å². The molecule has 23 heavy (non-hydrogen) atoms. The molecule has 6 N–H and O–H groups in total. The van der Waals surface area contributed by atoms with Gasteiger partial charge in [-0.15, -0.1) is 0 Å². The average Bonchev–Trinajstić information content (AvgIpc) is 2.56. The van der Waals surface area contributed by atoms with Crippen LogP contribution in [0.15, 0.2) is 29.3 Å². The summed E-state index contributed by atoms with van der Waals surface area (Å²) in [6, 6.07) is 4.79. The fraction of sp³-hybridized carbons (Fsp3) is 0.429. The lowest BCUT2D eigenvalue weighted by molar-refractivity contribution is -0.221. The van der Waals surface area contributed by atoms with Crippen LogP contribution in [0.2, 0.25) is 0 Å². The standard InChI is InChI=1S/C14H17N3O6/c18-4-9-10(19)11(20)12(21)14(23-9)17-6-1-2-8-7(3-6)13(22)16-5-15-8/h1-3,5,9-12,14,17-21H,4H2,(H,15,16,22). The molecule has 1 fully saturated rings. The zero-order valence-corrected chi connectivity index (χ0v) is 12.0. The van der Waals surface area contributed by atoms with Crippen LogP contribution < -0.4 is 10.9 Å². The number of nitrogens with one attached hydrogen (secondary N) is 2. The van der Waals surface area contributed by atoms with E-state index in [1.165, 1.54) is 12.4 Å². The van der Waals surface area contributed by atoms with E-state index in [2.05, 4.69) is 15.3 Å². The van der Waals surface area contributed by atoms with Crippen molar-refractivity contribution in [2.45, 2.75) is 30.6 Å². The molecule has 2 heterocycles. The first-order valence-corrected chi connectivity index (χ1v) is 7.06. The third-order valence-electron chi connectivity index (χ3n) is 3.84. The minimum Gasteiger partial charge on any atom is -0.394 e. The van der Waals surface area contributed by atoms with Crippen LogP contribution >= 0.6 is 0 Å². The van der Waals surface area contributed by atoms with Crippen molar-refractivity contribution in [3.63, 3.8) is 0 Å². The number of rotatable bonds is 3. The number of fused-ring (bicyclic) bond motifs is 1. The molecule has 2 aromatic rings. The van der Waals surface area contributed by atoms with Crippen LogP contribution in [0.5, 0.6) is 0 Å². The quantitative estimate of drug-likeness (QED) is 0.385. The smallest absolute Gasteiger partial charge is 0.258 e. The molecule has 0 bridgehead atoms. The van der Waals surface area contributed by atoms with Gasteiger partial charge in [0.2, 0.25) is 0 Å². The Bertz CT molecular complexity index is 749. The van der Waals surface area contributed by atoms with Crippen molar-refractivity contribution in [2.75, 3.05) is 11.9 Å². The Morgan fingerprint density at radius 3 is 2.74 bits per heavy atom. The number of aliphatic hydroxyl groups excluding tert-OH is 4. The molecule has 1 aliphatic heterocycles. The highest BCUT2D eigenvalue weighted by molar-refractivity contribution is 5.81. The normalized spacial score (nSPS) is 31.2. The van der Waals surface area contributed by atoms with E-state index in [-0.39, 0.29) is 5.56 Å². The second-order valence-corrected chi connectivity index (χ2v) is 5.36. The number of aliphatic hydroxyl groups is 4. The van der Waals surface area contributed by atoms with Gasteiger partial charge in [-0.1, -0.05) is 0 Å². The number of hydrogen-bond donors (Lipinski definition) is 6. The average molecular weight is 323 g/mol. The highest BCUT2D eigenvalue weighted by atomic mass is 16.6. The monoisotopic (exact) mass is 323 g/mol. The van der Waals surface area contributed by atoms with Gasteiger partial charge in [-0.3, -0.25) is 4.79 Å². The third-order valence-corrected chi connectivity index (χ3v) is 3.84. The zero-order valence-electron chi connectivity index (χ0n) is 12.0. The second-order valence-electron chi connectivity index (χ2n) is 5.36.